The monoisotopic (exact) mass is 276 g/mol. The Balaban J connectivity index is 1.73. The summed E-state index contributed by atoms with van der Waals surface area (Å²) < 4.78 is 5.50. The fraction of sp³-hybridized carbons (Fsp3) is 0.562. The third-order valence-corrected chi connectivity index (χ3v) is 3.73. The van der Waals surface area contributed by atoms with E-state index in [0.29, 0.717) is 6.04 Å². The highest BCUT2D eigenvalue weighted by molar-refractivity contribution is 5.77. The van der Waals surface area contributed by atoms with E-state index in [1.165, 1.54) is 25.7 Å². The Bertz CT molecular complexity index is 409. The lowest BCUT2D eigenvalue weighted by atomic mass is 10.1. The topological polar surface area (TPSA) is 50.4 Å². The highest BCUT2D eigenvalue weighted by Gasteiger charge is 2.14. The van der Waals surface area contributed by atoms with Crippen molar-refractivity contribution in [2.45, 2.75) is 44.6 Å². The standard InChI is InChI=1S/C16H24N2O2/c1-17-13-8-10-15(11-9-13)20-12-16(19)18-14-6-4-2-3-5-7-14/h8-11,14,17H,2-7,12H2,1H3,(H,18,19). The SMILES string of the molecule is CNc1ccc(OCC(=O)NC2CCCCCC2)cc1. The minimum atomic E-state index is -0.0189. The first-order valence-electron chi connectivity index (χ1n) is 7.48. The summed E-state index contributed by atoms with van der Waals surface area (Å²) in [5.41, 5.74) is 1.03. The van der Waals surface area contributed by atoms with E-state index in [-0.39, 0.29) is 12.5 Å². The van der Waals surface area contributed by atoms with Crippen LogP contribution in [0.1, 0.15) is 38.5 Å². The first-order valence-corrected chi connectivity index (χ1v) is 7.48. The van der Waals surface area contributed by atoms with Crippen LogP contribution >= 0.6 is 0 Å². The number of carbonyl (C=O) groups excluding carboxylic acids is 1. The van der Waals surface area contributed by atoms with Crippen LogP contribution in [0.15, 0.2) is 24.3 Å². The molecule has 0 unspecified atom stereocenters. The number of rotatable bonds is 5. The zero-order valence-electron chi connectivity index (χ0n) is 12.2. The van der Waals surface area contributed by atoms with Gasteiger partial charge in [0.1, 0.15) is 5.75 Å². The Morgan fingerprint density at radius 3 is 2.40 bits per heavy atom. The number of carbonyl (C=O) groups is 1. The molecule has 0 aliphatic heterocycles. The first-order chi connectivity index (χ1) is 9.78. The average Bonchev–Trinajstić information content (AvgIpc) is 2.74. The predicted octanol–water partition coefficient (Wildman–Crippen LogP) is 2.95. The predicted molar refractivity (Wildman–Crippen MR) is 81.1 cm³/mol. The Hall–Kier alpha value is -1.71. The lowest BCUT2D eigenvalue weighted by molar-refractivity contribution is -0.123. The summed E-state index contributed by atoms with van der Waals surface area (Å²) >= 11 is 0. The van der Waals surface area contributed by atoms with Crippen molar-refractivity contribution in [2.24, 2.45) is 0 Å². The van der Waals surface area contributed by atoms with E-state index in [2.05, 4.69) is 10.6 Å². The van der Waals surface area contributed by atoms with Crippen LogP contribution in [-0.4, -0.2) is 25.6 Å². The largest absolute Gasteiger partial charge is 0.484 e. The lowest BCUT2D eigenvalue weighted by Gasteiger charge is -2.16. The maximum absolute atomic E-state index is 11.9. The number of benzene rings is 1. The van der Waals surface area contributed by atoms with Crippen LogP contribution in [0, 0.1) is 0 Å². The van der Waals surface area contributed by atoms with E-state index >= 15 is 0 Å². The molecule has 1 saturated carbocycles. The highest BCUT2D eigenvalue weighted by Crippen LogP contribution is 2.17. The van der Waals surface area contributed by atoms with Crippen molar-refractivity contribution >= 4 is 11.6 Å². The molecule has 0 heterocycles. The Morgan fingerprint density at radius 2 is 1.80 bits per heavy atom. The van der Waals surface area contributed by atoms with Crippen LogP contribution in [0.4, 0.5) is 5.69 Å². The normalized spacial score (nSPS) is 16.2. The van der Waals surface area contributed by atoms with Gasteiger partial charge in [0.15, 0.2) is 6.61 Å². The van der Waals surface area contributed by atoms with Crippen molar-refractivity contribution in [3.8, 4) is 5.75 Å². The molecule has 2 N–H and O–H groups in total. The Morgan fingerprint density at radius 1 is 1.15 bits per heavy atom. The van der Waals surface area contributed by atoms with Crippen molar-refractivity contribution in [1.82, 2.24) is 5.32 Å². The molecule has 0 bridgehead atoms. The molecular weight excluding hydrogens is 252 g/mol. The smallest absolute Gasteiger partial charge is 0.258 e. The molecule has 1 aromatic rings. The molecule has 4 nitrogen and oxygen atoms in total. The van der Waals surface area contributed by atoms with Gasteiger partial charge in [0, 0.05) is 18.8 Å². The van der Waals surface area contributed by atoms with Gasteiger partial charge >= 0.3 is 0 Å². The van der Waals surface area contributed by atoms with Crippen molar-refractivity contribution in [3.63, 3.8) is 0 Å². The van der Waals surface area contributed by atoms with Gasteiger partial charge in [-0.1, -0.05) is 25.7 Å². The second kappa shape index (κ2) is 7.78. The number of amides is 1. The van der Waals surface area contributed by atoms with Crippen molar-refractivity contribution < 1.29 is 9.53 Å². The van der Waals surface area contributed by atoms with Gasteiger partial charge in [-0.15, -0.1) is 0 Å². The van der Waals surface area contributed by atoms with Gasteiger partial charge in [-0.25, -0.2) is 0 Å². The molecule has 1 aliphatic carbocycles. The van der Waals surface area contributed by atoms with Crippen molar-refractivity contribution in [2.75, 3.05) is 19.0 Å². The van der Waals surface area contributed by atoms with Gasteiger partial charge in [0.05, 0.1) is 0 Å². The summed E-state index contributed by atoms with van der Waals surface area (Å²) in [7, 11) is 1.87. The minimum Gasteiger partial charge on any atom is -0.484 e. The zero-order chi connectivity index (χ0) is 14.2. The van der Waals surface area contributed by atoms with Gasteiger partial charge < -0.3 is 15.4 Å². The molecule has 0 atom stereocenters. The van der Waals surface area contributed by atoms with Gasteiger partial charge in [-0.3, -0.25) is 4.79 Å². The zero-order valence-corrected chi connectivity index (χ0v) is 12.2. The first kappa shape index (κ1) is 14.7. The fourth-order valence-electron chi connectivity index (χ4n) is 2.56. The molecule has 0 radical (unpaired) electrons. The van der Waals surface area contributed by atoms with Gasteiger partial charge in [0.2, 0.25) is 0 Å². The van der Waals surface area contributed by atoms with E-state index in [0.717, 1.165) is 24.3 Å². The number of nitrogens with one attached hydrogen (secondary N) is 2. The molecule has 0 aromatic heterocycles. The fourth-order valence-corrected chi connectivity index (χ4v) is 2.56. The molecule has 4 heteroatoms. The van der Waals surface area contributed by atoms with Crippen LogP contribution in [0.2, 0.25) is 0 Å². The summed E-state index contributed by atoms with van der Waals surface area (Å²) in [6, 6.07) is 7.92. The molecule has 0 saturated heterocycles. The van der Waals surface area contributed by atoms with Gasteiger partial charge in [-0.2, -0.15) is 0 Å². The van der Waals surface area contributed by atoms with Crippen molar-refractivity contribution in [1.29, 1.82) is 0 Å². The van der Waals surface area contributed by atoms with Crippen molar-refractivity contribution in [3.05, 3.63) is 24.3 Å². The van der Waals surface area contributed by atoms with Gasteiger partial charge in [0.25, 0.3) is 5.91 Å². The Kier molecular flexibility index (Phi) is 5.71. The van der Waals surface area contributed by atoms with E-state index < -0.39 is 0 Å². The van der Waals surface area contributed by atoms with E-state index in [1.807, 2.05) is 31.3 Å². The van der Waals surface area contributed by atoms with Crippen LogP contribution in [0.5, 0.6) is 5.75 Å². The summed E-state index contributed by atoms with van der Waals surface area (Å²) in [5.74, 6) is 0.703. The summed E-state index contributed by atoms with van der Waals surface area (Å²) in [4.78, 5) is 11.9. The molecule has 110 valence electrons. The van der Waals surface area contributed by atoms with Crippen LogP contribution < -0.4 is 15.4 Å². The van der Waals surface area contributed by atoms with E-state index in [1.54, 1.807) is 0 Å². The van der Waals surface area contributed by atoms with Crippen LogP contribution in [0.25, 0.3) is 0 Å². The third-order valence-electron chi connectivity index (χ3n) is 3.73. The minimum absolute atomic E-state index is 0.0189. The second-order valence-electron chi connectivity index (χ2n) is 5.32. The summed E-state index contributed by atoms with van der Waals surface area (Å²) in [5, 5.41) is 6.12. The number of hydrogen-bond acceptors (Lipinski definition) is 3. The highest BCUT2D eigenvalue weighted by atomic mass is 16.5. The average molecular weight is 276 g/mol. The molecule has 1 aromatic carbocycles. The number of hydrogen-bond donors (Lipinski definition) is 2. The molecule has 1 aliphatic rings. The van der Waals surface area contributed by atoms with E-state index in [4.69, 9.17) is 4.74 Å². The lowest BCUT2D eigenvalue weighted by Crippen LogP contribution is -2.37. The summed E-state index contributed by atoms with van der Waals surface area (Å²) in [6.45, 7) is 0.0927. The third kappa shape index (κ3) is 4.76. The number of ether oxygens (including phenoxy) is 1. The van der Waals surface area contributed by atoms with Crippen LogP contribution in [-0.2, 0) is 4.79 Å². The molecule has 1 fully saturated rings. The molecule has 1 amide bonds. The Labute approximate surface area is 120 Å². The molecular formula is C16H24N2O2. The maximum Gasteiger partial charge on any atom is 0.258 e. The quantitative estimate of drug-likeness (QED) is 0.813. The maximum atomic E-state index is 11.9. The molecule has 20 heavy (non-hydrogen) atoms. The number of anilines is 1. The second-order valence-corrected chi connectivity index (χ2v) is 5.32. The molecule has 2 rings (SSSR count). The van der Waals surface area contributed by atoms with Gasteiger partial charge in [-0.05, 0) is 37.1 Å². The van der Waals surface area contributed by atoms with E-state index in [9.17, 15) is 4.79 Å². The summed E-state index contributed by atoms with van der Waals surface area (Å²) in [6.07, 6.45) is 7.22. The van der Waals surface area contributed by atoms with Crippen LogP contribution in [0.3, 0.4) is 0 Å². The molecule has 0 spiro atoms.